The van der Waals surface area contributed by atoms with E-state index in [1.807, 2.05) is 13.0 Å². The van der Waals surface area contributed by atoms with Crippen molar-refractivity contribution in [1.82, 2.24) is 4.98 Å². The molecule has 16 heavy (non-hydrogen) atoms. The van der Waals surface area contributed by atoms with Crippen LogP contribution < -0.4 is 0 Å². The number of benzene rings is 1. The molecule has 0 spiro atoms. The minimum atomic E-state index is 0.341. The van der Waals surface area contributed by atoms with Gasteiger partial charge in [-0.25, -0.2) is 0 Å². The average molecular weight is 276 g/mol. The highest BCUT2D eigenvalue weighted by Gasteiger charge is 2.10. The van der Waals surface area contributed by atoms with E-state index in [1.54, 1.807) is 0 Å². The van der Waals surface area contributed by atoms with Gasteiger partial charge in [0.2, 0.25) is 0 Å². The van der Waals surface area contributed by atoms with E-state index in [2.05, 4.69) is 64.2 Å². The van der Waals surface area contributed by atoms with Crippen LogP contribution in [0.15, 0.2) is 46.9 Å². The van der Waals surface area contributed by atoms with Crippen LogP contribution in [0.2, 0.25) is 0 Å². The van der Waals surface area contributed by atoms with Crippen LogP contribution in [0.3, 0.4) is 0 Å². The summed E-state index contributed by atoms with van der Waals surface area (Å²) in [5, 5.41) is 0. The molecule has 0 radical (unpaired) electrons. The van der Waals surface area contributed by atoms with Gasteiger partial charge >= 0.3 is 0 Å². The molecule has 0 fully saturated rings. The predicted octanol–water partition coefficient (Wildman–Crippen LogP) is 4.30. The Morgan fingerprint density at radius 2 is 1.75 bits per heavy atom. The molecule has 2 rings (SSSR count). The van der Waals surface area contributed by atoms with E-state index >= 15 is 0 Å². The third-order valence-corrected chi connectivity index (χ3v) is 3.62. The lowest BCUT2D eigenvalue weighted by Gasteiger charge is -2.12. The normalized spacial score (nSPS) is 12.4. The molecule has 1 heterocycles. The molecule has 2 heteroatoms. The SMILES string of the molecule is Cc1nc([C@@H](C)c2ccccc2)ccc1Br. The number of rotatable bonds is 2. The Morgan fingerprint density at radius 3 is 2.38 bits per heavy atom. The van der Waals surface area contributed by atoms with E-state index in [9.17, 15) is 0 Å². The second-order valence-electron chi connectivity index (χ2n) is 3.94. The van der Waals surface area contributed by atoms with Gasteiger partial charge in [0.1, 0.15) is 0 Å². The van der Waals surface area contributed by atoms with Crippen LogP contribution in [0.5, 0.6) is 0 Å². The molecule has 1 aromatic carbocycles. The Labute approximate surface area is 105 Å². The first-order valence-electron chi connectivity index (χ1n) is 5.36. The molecule has 0 bridgehead atoms. The van der Waals surface area contributed by atoms with Gasteiger partial charge in [-0.3, -0.25) is 4.98 Å². The van der Waals surface area contributed by atoms with Crippen LogP contribution in [-0.4, -0.2) is 4.98 Å². The second kappa shape index (κ2) is 4.79. The van der Waals surface area contributed by atoms with Crippen LogP contribution in [0.1, 0.15) is 29.8 Å². The summed E-state index contributed by atoms with van der Waals surface area (Å²) in [4.78, 5) is 4.60. The lowest BCUT2D eigenvalue weighted by atomic mass is 9.97. The minimum Gasteiger partial charge on any atom is -0.256 e. The number of pyridine rings is 1. The van der Waals surface area contributed by atoms with Crippen molar-refractivity contribution in [3.05, 3.63) is 63.9 Å². The quantitative estimate of drug-likeness (QED) is 0.796. The van der Waals surface area contributed by atoms with Gasteiger partial charge in [0.25, 0.3) is 0 Å². The summed E-state index contributed by atoms with van der Waals surface area (Å²) in [6.07, 6.45) is 0. The van der Waals surface area contributed by atoms with Gasteiger partial charge < -0.3 is 0 Å². The summed E-state index contributed by atoms with van der Waals surface area (Å²) in [6, 6.07) is 14.6. The highest BCUT2D eigenvalue weighted by atomic mass is 79.9. The number of nitrogens with zero attached hydrogens (tertiary/aromatic N) is 1. The lowest BCUT2D eigenvalue weighted by molar-refractivity contribution is 0.859. The molecule has 1 aromatic heterocycles. The van der Waals surface area contributed by atoms with Gasteiger partial charge in [-0.05, 0) is 40.5 Å². The van der Waals surface area contributed by atoms with Crippen LogP contribution in [0.4, 0.5) is 0 Å². The first-order valence-corrected chi connectivity index (χ1v) is 6.16. The first kappa shape index (κ1) is 11.3. The highest BCUT2D eigenvalue weighted by molar-refractivity contribution is 9.10. The Hall–Kier alpha value is -1.15. The van der Waals surface area contributed by atoms with E-state index < -0.39 is 0 Å². The maximum Gasteiger partial charge on any atom is 0.0518 e. The first-order chi connectivity index (χ1) is 7.68. The predicted molar refractivity (Wildman–Crippen MR) is 70.6 cm³/mol. The van der Waals surface area contributed by atoms with Crippen molar-refractivity contribution in [3.8, 4) is 0 Å². The van der Waals surface area contributed by atoms with Crippen LogP contribution >= 0.6 is 15.9 Å². The zero-order valence-corrected chi connectivity index (χ0v) is 11.0. The van der Waals surface area contributed by atoms with Crippen molar-refractivity contribution in [2.75, 3.05) is 0 Å². The average Bonchev–Trinajstić information content (AvgIpc) is 2.33. The molecule has 0 saturated carbocycles. The van der Waals surface area contributed by atoms with Crippen molar-refractivity contribution in [3.63, 3.8) is 0 Å². The van der Waals surface area contributed by atoms with Crippen LogP contribution in [-0.2, 0) is 0 Å². The highest BCUT2D eigenvalue weighted by Crippen LogP contribution is 2.24. The largest absolute Gasteiger partial charge is 0.256 e. The molecular formula is C14H14BrN. The van der Waals surface area contributed by atoms with E-state index in [0.29, 0.717) is 5.92 Å². The summed E-state index contributed by atoms with van der Waals surface area (Å²) in [5.74, 6) is 0.341. The Bertz CT molecular complexity index is 479. The smallest absolute Gasteiger partial charge is 0.0518 e. The Balaban J connectivity index is 2.34. The summed E-state index contributed by atoms with van der Waals surface area (Å²) in [7, 11) is 0. The number of hydrogen-bond donors (Lipinski definition) is 0. The zero-order valence-electron chi connectivity index (χ0n) is 9.44. The third-order valence-electron chi connectivity index (χ3n) is 2.79. The van der Waals surface area contributed by atoms with Crippen LogP contribution in [0.25, 0.3) is 0 Å². The molecule has 0 amide bonds. The van der Waals surface area contributed by atoms with Crippen molar-refractivity contribution in [2.24, 2.45) is 0 Å². The van der Waals surface area contributed by atoms with Gasteiger partial charge in [-0.15, -0.1) is 0 Å². The summed E-state index contributed by atoms with van der Waals surface area (Å²) in [6.45, 7) is 4.20. The fraction of sp³-hybridized carbons (Fsp3) is 0.214. The molecular weight excluding hydrogens is 262 g/mol. The van der Waals surface area contributed by atoms with E-state index in [0.717, 1.165) is 15.9 Å². The monoisotopic (exact) mass is 275 g/mol. The van der Waals surface area contributed by atoms with Gasteiger partial charge in [-0.1, -0.05) is 37.3 Å². The summed E-state index contributed by atoms with van der Waals surface area (Å²) >= 11 is 3.47. The van der Waals surface area contributed by atoms with Crippen molar-refractivity contribution in [2.45, 2.75) is 19.8 Å². The van der Waals surface area contributed by atoms with Crippen molar-refractivity contribution >= 4 is 15.9 Å². The van der Waals surface area contributed by atoms with E-state index in [-0.39, 0.29) is 0 Å². The third kappa shape index (κ3) is 2.33. The number of aryl methyl sites for hydroxylation is 1. The summed E-state index contributed by atoms with van der Waals surface area (Å²) < 4.78 is 1.07. The maximum atomic E-state index is 4.60. The van der Waals surface area contributed by atoms with Gasteiger partial charge in [0.15, 0.2) is 0 Å². The fourth-order valence-electron chi connectivity index (χ4n) is 1.72. The molecule has 0 aliphatic rings. The number of hydrogen-bond acceptors (Lipinski definition) is 1. The molecule has 0 aliphatic carbocycles. The molecule has 1 atom stereocenters. The standard InChI is InChI=1S/C14H14BrN/c1-10(12-6-4-3-5-7-12)14-9-8-13(15)11(2)16-14/h3-10H,1-2H3/t10-/m0/s1. The van der Waals surface area contributed by atoms with Crippen LogP contribution in [0, 0.1) is 6.92 Å². The van der Waals surface area contributed by atoms with Gasteiger partial charge in [-0.2, -0.15) is 0 Å². The minimum absolute atomic E-state index is 0.341. The van der Waals surface area contributed by atoms with Crippen molar-refractivity contribution in [1.29, 1.82) is 0 Å². The maximum absolute atomic E-state index is 4.60. The van der Waals surface area contributed by atoms with E-state index in [4.69, 9.17) is 0 Å². The second-order valence-corrected chi connectivity index (χ2v) is 4.79. The van der Waals surface area contributed by atoms with Gasteiger partial charge in [0, 0.05) is 16.1 Å². The Kier molecular flexibility index (Phi) is 3.39. The molecule has 2 aromatic rings. The molecule has 0 aliphatic heterocycles. The molecule has 0 unspecified atom stereocenters. The molecule has 0 N–H and O–H groups in total. The molecule has 82 valence electrons. The van der Waals surface area contributed by atoms with Crippen molar-refractivity contribution < 1.29 is 0 Å². The lowest BCUT2D eigenvalue weighted by Crippen LogP contribution is -2.00. The van der Waals surface area contributed by atoms with Gasteiger partial charge in [0.05, 0.1) is 5.69 Å². The topological polar surface area (TPSA) is 12.9 Å². The Morgan fingerprint density at radius 1 is 1.06 bits per heavy atom. The summed E-state index contributed by atoms with van der Waals surface area (Å²) in [5.41, 5.74) is 3.46. The zero-order chi connectivity index (χ0) is 11.5. The molecule has 1 nitrogen and oxygen atoms in total. The molecule has 0 saturated heterocycles. The number of halogens is 1. The van der Waals surface area contributed by atoms with E-state index in [1.165, 1.54) is 5.56 Å². The fourth-order valence-corrected chi connectivity index (χ4v) is 1.94. The number of aromatic nitrogens is 1.